The minimum absolute atomic E-state index is 0. The van der Waals surface area contributed by atoms with Gasteiger partial charge >= 0.3 is 0 Å². The van der Waals surface area contributed by atoms with Crippen LogP contribution in [0.25, 0.3) is 0 Å². The maximum atomic E-state index is 4.30. The zero-order valence-corrected chi connectivity index (χ0v) is 17.7. The van der Waals surface area contributed by atoms with E-state index >= 15 is 0 Å². The van der Waals surface area contributed by atoms with Crippen molar-refractivity contribution < 1.29 is 0 Å². The van der Waals surface area contributed by atoms with Crippen molar-refractivity contribution in [2.24, 2.45) is 17.5 Å². The van der Waals surface area contributed by atoms with Gasteiger partial charge in [0.1, 0.15) is 0 Å². The Balaban J connectivity index is 0.00000484. The smallest absolute Gasteiger partial charge is 0.191 e. The summed E-state index contributed by atoms with van der Waals surface area (Å²) in [7, 11) is 3.77. The quantitative estimate of drug-likeness (QED) is 0.271. The Kier molecular flexibility index (Phi) is 11.3. The number of halogens is 1. The fourth-order valence-corrected chi connectivity index (χ4v) is 2.41. The van der Waals surface area contributed by atoms with E-state index < -0.39 is 0 Å². The van der Waals surface area contributed by atoms with Gasteiger partial charge in [0.25, 0.3) is 0 Å². The van der Waals surface area contributed by atoms with Gasteiger partial charge in [-0.3, -0.25) is 9.67 Å². The molecule has 0 aliphatic heterocycles. The van der Waals surface area contributed by atoms with Gasteiger partial charge in [-0.1, -0.05) is 40.0 Å². The molecule has 0 spiro atoms. The first kappa shape index (κ1) is 22.2. The molecule has 0 aliphatic carbocycles. The Bertz CT molecular complexity index is 454. The molecule has 23 heavy (non-hydrogen) atoms. The molecule has 0 atom stereocenters. The third-order valence-electron chi connectivity index (χ3n) is 3.88. The lowest BCUT2D eigenvalue weighted by molar-refractivity contribution is 0.318. The largest absolute Gasteiger partial charge is 0.356 e. The van der Waals surface area contributed by atoms with Crippen LogP contribution in [0.1, 0.15) is 52.0 Å². The van der Waals surface area contributed by atoms with E-state index in [2.05, 4.69) is 47.7 Å². The predicted octanol–water partition coefficient (Wildman–Crippen LogP) is 3.35. The Morgan fingerprint density at radius 3 is 2.61 bits per heavy atom. The number of aryl methyl sites for hydroxylation is 1. The van der Waals surface area contributed by atoms with E-state index in [4.69, 9.17) is 0 Å². The van der Waals surface area contributed by atoms with Gasteiger partial charge in [-0.2, -0.15) is 5.10 Å². The first-order chi connectivity index (χ1) is 10.5. The predicted molar refractivity (Wildman–Crippen MR) is 110 cm³/mol. The Morgan fingerprint density at radius 2 is 2.04 bits per heavy atom. The molecule has 1 rings (SSSR count). The normalized spacial score (nSPS) is 12.0. The second-order valence-electron chi connectivity index (χ2n) is 6.75. The van der Waals surface area contributed by atoms with E-state index in [1.807, 2.05) is 25.0 Å². The number of nitrogens with zero attached hydrogens (tertiary/aromatic N) is 3. The maximum absolute atomic E-state index is 4.30. The van der Waals surface area contributed by atoms with Crippen LogP contribution < -0.4 is 10.6 Å². The summed E-state index contributed by atoms with van der Waals surface area (Å²) < 4.78 is 1.83. The highest BCUT2D eigenvalue weighted by Crippen LogP contribution is 2.22. The number of aromatic nitrogens is 2. The number of nitrogens with one attached hydrogen (secondary N) is 2. The first-order valence-corrected chi connectivity index (χ1v) is 8.39. The lowest BCUT2D eigenvalue weighted by atomic mass is 9.87. The fourth-order valence-electron chi connectivity index (χ4n) is 2.41. The molecule has 0 radical (unpaired) electrons. The van der Waals surface area contributed by atoms with Crippen molar-refractivity contribution in [3.63, 3.8) is 0 Å². The van der Waals surface area contributed by atoms with Gasteiger partial charge in [-0.05, 0) is 23.8 Å². The van der Waals surface area contributed by atoms with Crippen molar-refractivity contribution in [3.8, 4) is 0 Å². The van der Waals surface area contributed by atoms with Crippen molar-refractivity contribution >= 4 is 29.9 Å². The highest BCUT2D eigenvalue weighted by atomic mass is 127. The monoisotopic (exact) mass is 435 g/mol. The molecule has 0 aliphatic rings. The van der Waals surface area contributed by atoms with Gasteiger partial charge in [0, 0.05) is 33.4 Å². The standard InChI is InChI=1S/C17H33N5.HI/c1-6-7-8-10-17(2,3)14-20-16(18-4)19-11-9-15-12-21-22(5)13-15;/h12-13H,6-11,14H2,1-5H3,(H2,18,19,20);1H. The van der Waals surface area contributed by atoms with Crippen molar-refractivity contribution in [3.05, 3.63) is 18.0 Å². The van der Waals surface area contributed by atoms with Crippen LogP contribution in [0.3, 0.4) is 0 Å². The Labute approximate surface area is 158 Å². The second kappa shape index (κ2) is 11.7. The van der Waals surface area contributed by atoms with E-state index in [-0.39, 0.29) is 24.0 Å². The second-order valence-corrected chi connectivity index (χ2v) is 6.75. The van der Waals surface area contributed by atoms with Crippen LogP contribution in [-0.4, -0.2) is 35.9 Å². The summed E-state index contributed by atoms with van der Waals surface area (Å²) in [5.74, 6) is 0.882. The van der Waals surface area contributed by atoms with Gasteiger partial charge in [-0.15, -0.1) is 24.0 Å². The molecule has 1 aromatic rings. The van der Waals surface area contributed by atoms with Crippen molar-refractivity contribution in [1.29, 1.82) is 0 Å². The molecule has 0 amide bonds. The molecule has 0 fully saturated rings. The Hall–Kier alpha value is -0.790. The molecule has 2 N–H and O–H groups in total. The topological polar surface area (TPSA) is 54.2 Å². The summed E-state index contributed by atoms with van der Waals surface area (Å²) >= 11 is 0. The minimum Gasteiger partial charge on any atom is -0.356 e. The van der Waals surface area contributed by atoms with Crippen molar-refractivity contribution in [1.82, 2.24) is 20.4 Å². The van der Waals surface area contributed by atoms with E-state index in [9.17, 15) is 0 Å². The molecular formula is C17H34IN5. The summed E-state index contributed by atoms with van der Waals surface area (Å²) in [5, 5.41) is 11.0. The van der Waals surface area contributed by atoms with Crippen molar-refractivity contribution in [2.45, 2.75) is 52.9 Å². The van der Waals surface area contributed by atoms with Crippen LogP contribution >= 0.6 is 24.0 Å². The number of aliphatic imine (C=N–C) groups is 1. The van der Waals surface area contributed by atoms with E-state index in [0.29, 0.717) is 5.41 Å². The van der Waals surface area contributed by atoms with Gasteiger partial charge < -0.3 is 10.6 Å². The lowest BCUT2D eigenvalue weighted by Crippen LogP contribution is -2.42. The van der Waals surface area contributed by atoms with Crippen LogP contribution in [0, 0.1) is 5.41 Å². The molecule has 0 saturated heterocycles. The van der Waals surface area contributed by atoms with E-state index in [1.165, 1.54) is 31.2 Å². The molecule has 6 heteroatoms. The number of hydrogen-bond acceptors (Lipinski definition) is 2. The molecule has 1 heterocycles. The molecule has 0 aromatic carbocycles. The zero-order chi connectivity index (χ0) is 16.4. The number of hydrogen-bond donors (Lipinski definition) is 2. The van der Waals surface area contributed by atoms with Crippen LogP contribution in [-0.2, 0) is 13.5 Å². The maximum Gasteiger partial charge on any atom is 0.191 e. The van der Waals surface area contributed by atoms with E-state index in [1.54, 1.807) is 0 Å². The van der Waals surface area contributed by atoms with Gasteiger partial charge in [0.05, 0.1) is 6.20 Å². The Morgan fingerprint density at radius 1 is 1.30 bits per heavy atom. The average Bonchev–Trinajstić information content (AvgIpc) is 2.88. The average molecular weight is 435 g/mol. The highest BCUT2D eigenvalue weighted by molar-refractivity contribution is 14.0. The fraction of sp³-hybridized carbons (Fsp3) is 0.765. The van der Waals surface area contributed by atoms with Gasteiger partial charge in [0.2, 0.25) is 0 Å². The van der Waals surface area contributed by atoms with Crippen LogP contribution in [0.4, 0.5) is 0 Å². The summed E-state index contributed by atoms with van der Waals surface area (Å²) in [6, 6.07) is 0. The number of unbranched alkanes of at least 4 members (excludes halogenated alkanes) is 2. The van der Waals surface area contributed by atoms with Crippen LogP contribution in [0.15, 0.2) is 17.4 Å². The summed E-state index contributed by atoms with van der Waals surface area (Å²) in [4.78, 5) is 4.30. The summed E-state index contributed by atoms with van der Waals surface area (Å²) in [6.07, 6.45) is 10.1. The molecule has 134 valence electrons. The van der Waals surface area contributed by atoms with Gasteiger partial charge in [-0.25, -0.2) is 0 Å². The molecule has 0 saturated carbocycles. The van der Waals surface area contributed by atoms with E-state index in [0.717, 1.165) is 25.5 Å². The number of rotatable bonds is 9. The molecule has 5 nitrogen and oxygen atoms in total. The summed E-state index contributed by atoms with van der Waals surface area (Å²) in [5.41, 5.74) is 1.54. The third-order valence-corrected chi connectivity index (χ3v) is 3.88. The minimum atomic E-state index is 0. The summed E-state index contributed by atoms with van der Waals surface area (Å²) in [6.45, 7) is 8.70. The lowest BCUT2D eigenvalue weighted by Gasteiger charge is -2.26. The molecular weight excluding hydrogens is 401 g/mol. The SMILES string of the molecule is CCCCCC(C)(C)CNC(=NC)NCCc1cnn(C)c1.I. The van der Waals surface area contributed by atoms with Gasteiger partial charge in [0.15, 0.2) is 5.96 Å². The molecule has 1 aromatic heterocycles. The molecule has 0 unspecified atom stereocenters. The van der Waals surface area contributed by atoms with Crippen molar-refractivity contribution in [2.75, 3.05) is 20.1 Å². The number of guanidine groups is 1. The van der Waals surface area contributed by atoms with Crippen LogP contribution in [0.5, 0.6) is 0 Å². The van der Waals surface area contributed by atoms with Crippen LogP contribution in [0.2, 0.25) is 0 Å². The molecule has 0 bridgehead atoms. The highest BCUT2D eigenvalue weighted by Gasteiger charge is 2.17. The first-order valence-electron chi connectivity index (χ1n) is 8.39. The zero-order valence-electron chi connectivity index (χ0n) is 15.4. The third kappa shape index (κ3) is 9.84.